The van der Waals surface area contributed by atoms with Gasteiger partial charge in [-0.25, -0.2) is 9.98 Å². The zero-order valence-electron chi connectivity index (χ0n) is 14.6. The quantitative estimate of drug-likeness (QED) is 0.682. The van der Waals surface area contributed by atoms with Crippen molar-refractivity contribution >= 4 is 17.3 Å². The van der Waals surface area contributed by atoms with Crippen LogP contribution in [0.2, 0.25) is 0 Å². The summed E-state index contributed by atoms with van der Waals surface area (Å²) in [6, 6.07) is 0. The van der Waals surface area contributed by atoms with Crippen molar-refractivity contribution in [2.45, 2.75) is 59.4 Å². The van der Waals surface area contributed by atoms with Crippen molar-refractivity contribution < 1.29 is 0 Å². The van der Waals surface area contributed by atoms with Gasteiger partial charge in [0.25, 0.3) is 0 Å². The summed E-state index contributed by atoms with van der Waals surface area (Å²) < 4.78 is 0. The van der Waals surface area contributed by atoms with Crippen molar-refractivity contribution in [3.05, 3.63) is 16.1 Å². The summed E-state index contributed by atoms with van der Waals surface area (Å²) in [5, 5.41) is 6.70. The van der Waals surface area contributed by atoms with E-state index in [1.807, 2.05) is 0 Å². The summed E-state index contributed by atoms with van der Waals surface area (Å²) in [7, 11) is 0. The average molecular weight is 323 g/mol. The molecular formula is C17H30N4S. The van der Waals surface area contributed by atoms with Gasteiger partial charge in [-0.2, -0.15) is 0 Å². The topological polar surface area (TPSA) is 40.5 Å². The van der Waals surface area contributed by atoms with Crippen molar-refractivity contribution in [2.75, 3.05) is 19.6 Å². The zero-order chi connectivity index (χ0) is 16.2. The first-order valence-corrected chi connectivity index (χ1v) is 9.26. The predicted octanol–water partition coefficient (Wildman–Crippen LogP) is 3.64. The smallest absolute Gasteiger partial charge is 0.194 e. The number of piperidine rings is 1. The highest BCUT2D eigenvalue weighted by Gasteiger charge is 2.20. The third kappa shape index (κ3) is 4.70. The molecule has 2 heterocycles. The van der Waals surface area contributed by atoms with Crippen LogP contribution in [0, 0.1) is 5.92 Å². The lowest BCUT2D eigenvalue weighted by Crippen LogP contribution is -2.46. The lowest BCUT2D eigenvalue weighted by Gasteiger charge is -2.33. The van der Waals surface area contributed by atoms with Crippen LogP contribution in [-0.4, -0.2) is 35.5 Å². The molecule has 124 valence electrons. The number of aromatic nitrogens is 1. The molecule has 4 nitrogen and oxygen atoms in total. The minimum absolute atomic E-state index is 0.116. The minimum Gasteiger partial charge on any atom is -0.357 e. The van der Waals surface area contributed by atoms with Gasteiger partial charge in [-0.3, -0.25) is 0 Å². The maximum Gasteiger partial charge on any atom is 0.194 e. The molecule has 0 bridgehead atoms. The molecule has 0 amide bonds. The molecule has 1 unspecified atom stereocenters. The Labute approximate surface area is 139 Å². The summed E-state index contributed by atoms with van der Waals surface area (Å²) in [5.41, 5.74) is 1.28. The van der Waals surface area contributed by atoms with Gasteiger partial charge >= 0.3 is 0 Å². The van der Waals surface area contributed by atoms with Crippen LogP contribution < -0.4 is 5.32 Å². The fourth-order valence-corrected chi connectivity index (χ4v) is 3.62. The molecule has 22 heavy (non-hydrogen) atoms. The fourth-order valence-electron chi connectivity index (χ4n) is 2.68. The normalized spacial score (nSPS) is 20.3. The van der Waals surface area contributed by atoms with E-state index in [0.29, 0.717) is 6.54 Å². The lowest BCUT2D eigenvalue weighted by atomic mass is 9.93. The summed E-state index contributed by atoms with van der Waals surface area (Å²) in [6.45, 7) is 14.9. The van der Waals surface area contributed by atoms with Crippen LogP contribution in [0.1, 0.15) is 58.2 Å². The zero-order valence-corrected chi connectivity index (χ0v) is 15.5. The van der Waals surface area contributed by atoms with Crippen LogP contribution in [0.3, 0.4) is 0 Å². The van der Waals surface area contributed by atoms with E-state index in [1.54, 1.807) is 11.3 Å². The minimum atomic E-state index is 0.116. The van der Waals surface area contributed by atoms with Crippen molar-refractivity contribution in [3.63, 3.8) is 0 Å². The van der Waals surface area contributed by atoms with Gasteiger partial charge in [-0.15, -0.1) is 11.3 Å². The van der Waals surface area contributed by atoms with Gasteiger partial charge in [0.2, 0.25) is 0 Å². The van der Waals surface area contributed by atoms with Crippen LogP contribution in [0.4, 0.5) is 0 Å². The summed E-state index contributed by atoms with van der Waals surface area (Å²) in [6.07, 6.45) is 2.59. The first-order valence-electron chi connectivity index (χ1n) is 8.38. The number of guanidine groups is 1. The number of hydrogen-bond donors (Lipinski definition) is 1. The summed E-state index contributed by atoms with van der Waals surface area (Å²) in [4.78, 5) is 12.0. The Morgan fingerprint density at radius 1 is 1.50 bits per heavy atom. The van der Waals surface area contributed by atoms with Crippen LogP contribution in [0.5, 0.6) is 0 Å². The van der Waals surface area contributed by atoms with E-state index >= 15 is 0 Å². The number of nitrogens with one attached hydrogen (secondary N) is 1. The number of thiazole rings is 1. The standard InChI is InChI=1S/C17H30N4S/c1-6-18-16(21-9-7-8-13(2)11-21)19-10-15-20-14(12-22-15)17(3,4)5/h12-13H,6-11H2,1-5H3,(H,18,19). The van der Waals surface area contributed by atoms with Gasteiger partial charge in [0, 0.05) is 30.4 Å². The van der Waals surface area contributed by atoms with E-state index in [-0.39, 0.29) is 5.41 Å². The number of rotatable bonds is 3. The molecule has 1 N–H and O–H groups in total. The second-order valence-electron chi connectivity index (χ2n) is 7.24. The second kappa shape index (κ2) is 7.44. The number of aliphatic imine (C=N–C) groups is 1. The van der Waals surface area contributed by atoms with Gasteiger partial charge in [0.15, 0.2) is 5.96 Å². The van der Waals surface area contributed by atoms with E-state index < -0.39 is 0 Å². The monoisotopic (exact) mass is 322 g/mol. The number of hydrogen-bond acceptors (Lipinski definition) is 3. The van der Waals surface area contributed by atoms with Gasteiger partial charge in [-0.1, -0.05) is 27.7 Å². The Hall–Kier alpha value is -1.10. The molecule has 0 aliphatic carbocycles. The van der Waals surface area contributed by atoms with Gasteiger partial charge in [0.1, 0.15) is 5.01 Å². The average Bonchev–Trinajstić information content (AvgIpc) is 2.92. The molecule has 1 fully saturated rings. The molecule has 2 rings (SSSR count). The second-order valence-corrected chi connectivity index (χ2v) is 8.18. The first-order chi connectivity index (χ1) is 10.4. The molecular weight excluding hydrogens is 292 g/mol. The highest BCUT2D eigenvalue weighted by molar-refractivity contribution is 7.09. The Morgan fingerprint density at radius 2 is 2.27 bits per heavy atom. The highest BCUT2D eigenvalue weighted by Crippen LogP contribution is 2.24. The summed E-state index contributed by atoms with van der Waals surface area (Å²) >= 11 is 1.72. The molecule has 1 aliphatic heterocycles. The molecule has 0 radical (unpaired) electrons. The number of nitrogens with zero attached hydrogens (tertiary/aromatic N) is 3. The van der Waals surface area contributed by atoms with E-state index in [4.69, 9.17) is 9.98 Å². The predicted molar refractivity (Wildman–Crippen MR) is 95.6 cm³/mol. The fraction of sp³-hybridized carbons (Fsp3) is 0.765. The van der Waals surface area contributed by atoms with Crippen molar-refractivity contribution in [1.82, 2.24) is 15.2 Å². The first kappa shape index (κ1) is 17.3. The van der Waals surface area contributed by atoms with Crippen molar-refractivity contribution in [3.8, 4) is 0 Å². The van der Waals surface area contributed by atoms with Crippen LogP contribution in [0.15, 0.2) is 10.4 Å². The van der Waals surface area contributed by atoms with Gasteiger partial charge in [0.05, 0.1) is 12.2 Å². The molecule has 5 heteroatoms. The largest absolute Gasteiger partial charge is 0.357 e. The van der Waals surface area contributed by atoms with Gasteiger partial charge in [-0.05, 0) is 25.7 Å². The van der Waals surface area contributed by atoms with E-state index in [2.05, 4.69) is 50.2 Å². The molecule has 1 saturated heterocycles. The van der Waals surface area contributed by atoms with Crippen molar-refractivity contribution in [2.24, 2.45) is 10.9 Å². The molecule has 0 aromatic carbocycles. The van der Waals surface area contributed by atoms with Crippen LogP contribution in [-0.2, 0) is 12.0 Å². The number of likely N-dealkylation sites (tertiary alicyclic amines) is 1. The third-order valence-electron chi connectivity index (χ3n) is 3.98. The molecule has 1 aliphatic rings. The molecule has 1 aromatic heterocycles. The molecule has 1 atom stereocenters. The maximum absolute atomic E-state index is 4.82. The molecule has 0 saturated carbocycles. The Balaban J connectivity index is 2.05. The lowest BCUT2D eigenvalue weighted by molar-refractivity contribution is 0.266. The van der Waals surface area contributed by atoms with Gasteiger partial charge < -0.3 is 10.2 Å². The van der Waals surface area contributed by atoms with Crippen molar-refractivity contribution in [1.29, 1.82) is 0 Å². The molecule has 0 spiro atoms. The van der Waals surface area contributed by atoms with E-state index in [1.165, 1.54) is 18.5 Å². The Bertz CT molecular complexity index is 501. The Morgan fingerprint density at radius 3 is 2.86 bits per heavy atom. The summed E-state index contributed by atoms with van der Waals surface area (Å²) in [5.74, 6) is 1.80. The SMILES string of the molecule is CCNC(=NCc1nc(C(C)(C)C)cs1)N1CCCC(C)C1. The van der Waals surface area contributed by atoms with Crippen LogP contribution >= 0.6 is 11.3 Å². The maximum atomic E-state index is 4.82. The highest BCUT2D eigenvalue weighted by atomic mass is 32.1. The Kier molecular flexibility index (Phi) is 5.84. The van der Waals surface area contributed by atoms with Crippen LogP contribution in [0.25, 0.3) is 0 Å². The van der Waals surface area contributed by atoms with E-state index in [9.17, 15) is 0 Å². The van der Waals surface area contributed by atoms with E-state index in [0.717, 1.165) is 36.5 Å². The third-order valence-corrected chi connectivity index (χ3v) is 4.81. The molecule has 1 aromatic rings.